The molecule has 0 radical (unpaired) electrons. The summed E-state index contributed by atoms with van der Waals surface area (Å²) in [6.45, 7) is 18.8. The van der Waals surface area contributed by atoms with Crippen LogP contribution in [0.3, 0.4) is 0 Å². The number of aliphatic hydroxyl groups excluding tert-OH is 1. The third-order valence-electron chi connectivity index (χ3n) is 8.97. The fraction of sp³-hybridized carbons (Fsp3) is 0.583. The molecule has 1 N–H and O–H groups in total. The van der Waals surface area contributed by atoms with E-state index in [1.54, 1.807) is 28.4 Å². The Kier molecular flexibility index (Phi) is 14.9. The highest BCUT2D eigenvalue weighted by molar-refractivity contribution is 6.77. The summed E-state index contributed by atoms with van der Waals surface area (Å²) in [6.07, 6.45) is 1.79. The topological polar surface area (TPSA) is 92.7 Å². The van der Waals surface area contributed by atoms with Crippen LogP contribution in [0.4, 0.5) is 0 Å². The lowest BCUT2D eigenvalue weighted by Crippen LogP contribution is -2.49. The first-order valence-electron chi connectivity index (χ1n) is 15.8. The largest absolute Gasteiger partial charge is 0.493 e. The summed E-state index contributed by atoms with van der Waals surface area (Å²) in [5.74, 6) is 1.37. The Morgan fingerprint density at radius 1 is 0.756 bits per heavy atom. The SMILES string of the molecule is C=CC[C@H](C[C@@H](CO)[C@H](O[Si](C(C)C)(C(C)C)C(C)C)c1ccc(OC)c(OC)c1)[C@@H](OC(C)=O)c1ccc(OC)c(OC)c1. The van der Waals surface area contributed by atoms with Gasteiger partial charge in [0.25, 0.3) is 0 Å². The van der Waals surface area contributed by atoms with Crippen molar-refractivity contribution in [2.24, 2.45) is 11.8 Å². The van der Waals surface area contributed by atoms with Crippen molar-refractivity contribution in [2.75, 3.05) is 35.0 Å². The lowest BCUT2D eigenvalue weighted by atomic mass is 9.81. The molecule has 0 saturated carbocycles. The molecule has 0 aromatic heterocycles. The number of esters is 1. The first-order chi connectivity index (χ1) is 21.3. The number of carbonyl (C=O) groups excluding carboxylic acids is 1. The number of ether oxygens (including phenoxy) is 5. The molecule has 0 amide bonds. The molecule has 0 aliphatic carbocycles. The van der Waals surface area contributed by atoms with Crippen LogP contribution in [0.25, 0.3) is 0 Å². The van der Waals surface area contributed by atoms with Gasteiger partial charge in [0.1, 0.15) is 6.10 Å². The third-order valence-corrected chi connectivity index (χ3v) is 15.0. The van der Waals surface area contributed by atoms with Gasteiger partial charge in [0, 0.05) is 25.4 Å². The van der Waals surface area contributed by atoms with Gasteiger partial charge in [-0.25, -0.2) is 0 Å². The molecule has 0 spiro atoms. The van der Waals surface area contributed by atoms with E-state index in [9.17, 15) is 9.90 Å². The van der Waals surface area contributed by atoms with E-state index in [0.29, 0.717) is 52.5 Å². The standard InChI is InChI=1S/C36H56O8Si/c1-13-14-27(35(43-26(8)38)28-15-17-31(39-9)33(20-28)41-11)19-30(22-37)36(29-16-18-32(40-10)34(21-29)42-12)44-45(23(2)3,24(4)5)25(6)7/h13,15-18,20-21,23-25,27,30,35-37H,1,14,19,22H2,2-12H3/t27-,30+,35-,36-/m1/s1. The van der Waals surface area contributed by atoms with Crippen molar-refractivity contribution in [3.05, 3.63) is 60.2 Å². The number of rotatable bonds is 19. The summed E-state index contributed by atoms with van der Waals surface area (Å²) >= 11 is 0. The van der Waals surface area contributed by atoms with Gasteiger partial charge in [-0.15, -0.1) is 6.58 Å². The molecule has 2 aromatic carbocycles. The predicted molar refractivity (Wildman–Crippen MR) is 182 cm³/mol. The van der Waals surface area contributed by atoms with E-state index in [2.05, 4.69) is 48.1 Å². The van der Waals surface area contributed by atoms with Crippen LogP contribution in [0.1, 0.15) is 84.6 Å². The van der Waals surface area contributed by atoms with E-state index in [1.165, 1.54) is 6.92 Å². The lowest BCUT2D eigenvalue weighted by Gasteiger charge is -2.46. The van der Waals surface area contributed by atoms with Crippen molar-refractivity contribution < 1.29 is 38.0 Å². The van der Waals surface area contributed by atoms with Gasteiger partial charge in [-0.05, 0) is 64.9 Å². The molecule has 45 heavy (non-hydrogen) atoms. The normalized spacial score (nSPS) is 14.6. The number of methoxy groups -OCH3 is 4. The van der Waals surface area contributed by atoms with Crippen molar-refractivity contribution >= 4 is 14.3 Å². The fourth-order valence-corrected chi connectivity index (χ4v) is 12.6. The van der Waals surface area contributed by atoms with Crippen LogP contribution in [0.2, 0.25) is 16.6 Å². The lowest BCUT2D eigenvalue weighted by molar-refractivity contribution is -0.150. The van der Waals surface area contributed by atoms with Gasteiger partial charge < -0.3 is 33.2 Å². The smallest absolute Gasteiger partial charge is 0.303 e. The highest BCUT2D eigenvalue weighted by Crippen LogP contribution is 2.49. The zero-order chi connectivity index (χ0) is 33.9. The molecular weight excluding hydrogens is 588 g/mol. The number of carbonyl (C=O) groups is 1. The minimum absolute atomic E-state index is 0.135. The monoisotopic (exact) mass is 644 g/mol. The maximum atomic E-state index is 12.5. The van der Waals surface area contributed by atoms with Crippen LogP contribution < -0.4 is 18.9 Å². The van der Waals surface area contributed by atoms with Crippen LogP contribution >= 0.6 is 0 Å². The highest BCUT2D eigenvalue weighted by atomic mass is 28.4. The second kappa shape index (κ2) is 17.6. The molecular formula is C36H56O8Si. The molecule has 2 rings (SSSR count). The summed E-state index contributed by atoms with van der Waals surface area (Å²) in [6, 6.07) is 11.4. The van der Waals surface area contributed by atoms with E-state index in [-0.39, 0.29) is 18.4 Å². The van der Waals surface area contributed by atoms with Crippen LogP contribution in [0, 0.1) is 11.8 Å². The highest BCUT2D eigenvalue weighted by Gasteiger charge is 2.48. The Hall–Kier alpha value is -3.01. The molecule has 8 nitrogen and oxygen atoms in total. The molecule has 0 saturated heterocycles. The average Bonchev–Trinajstić information content (AvgIpc) is 3.01. The maximum absolute atomic E-state index is 12.5. The van der Waals surface area contributed by atoms with Gasteiger partial charge in [0.05, 0.1) is 34.5 Å². The van der Waals surface area contributed by atoms with E-state index in [1.807, 2.05) is 42.5 Å². The molecule has 0 fully saturated rings. The van der Waals surface area contributed by atoms with Gasteiger partial charge in [0.2, 0.25) is 8.32 Å². The summed E-state index contributed by atoms with van der Waals surface area (Å²) in [7, 11) is 3.95. The Balaban J connectivity index is 2.75. The molecule has 2 aromatic rings. The van der Waals surface area contributed by atoms with Crippen LogP contribution in [0.5, 0.6) is 23.0 Å². The number of hydrogen-bond acceptors (Lipinski definition) is 8. The quantitative estimate of drug-likeness (QED) is 0.0925. The number of benzene rings is 2. The number of aliphatic hydroxyl groups is 1. The maximum Gasteiger partial charge on any atom is 0.303 e. The molecule has 0 aliphatic heterocycles. The molecule has 0 heterocycles. The Labute approximate surface area is 272 Å². The Morgan fingerprint density at radius 3 is 1.56 bits per heavy atom. The van der Waals surface area contributed by atoms with Gasteiger partial charge in [-0.3, -0.25) is 4.79 Å². The third kappa shape index (κ3) is 9.05. The predicted octanol–water partition coefficient (Wildman–Crippen LogP) is 8.45. The van der Waals surface area contributed by atoms with Crippen molar-refractivity contribution in [1.29, 1.82) is 0 Å². The van der Waals surface area contributed by atoms with Crippen molar-refractivity contribution in [2.45, 2.75) is 90.1 Å². The van der Waals surface area contributed by atoms with Gasteiger partial charge in [-0.1, -0.05) is 59.8 Å². The molecule has 252 valence electrons. The second-order valence-corrected chi connectivity index (χ2v) is 18.0. The van der Waals surface area contributed by atoms with E-state index in [0.717, 1.165) is 11.1 Å². The van der Waals surface area contributed by atoms with E-state index >= 15 is 0 Å². The number of allylic oxidation sites excluding steroid dienone is 1. The van der Waals surface area contributed by atoms with Gasteiger partial charge >= 0.3 is 5.97 Å². The first kappa shape index (κ1) is 38.2. The van der Waals surface area contributed by atoms with Crippen molar-refractivity contribution in [3.63, 3.8) is 0 Å². The van der Waals surface area contributed by atoms with Gasteiger partial charge in [-0.2, -0.15) is 0 Å². The molecule has 4 atom stereocenters. The molecule has 9 heteroatoms. The minimum atomic E-state index is -2.43. The Bertz CT molecular complexity index is 1210. The van der Waals surface area contributed by atoms with Gasteiger partial charge in [0.15, 0.2) is 23.0 Å². The first-order valence-corrected chi connectivity index (χ1v) is 18.0. The summed E-state index contributed by atoms with van der Waals surface area (Å²) in [4.78, 5) is 12.5. The van der Waals surface area contributed by atoms with Crippen molar-refractivity contribution in [1.82, 2.24) is 0 Å². The van der Waals surface area contributed by atoms with Crippen molar-refractivity contribution in [3.8, 4) is 23.0 Å². The average molecular weight is 645 g/mol. The van der Waals surface area contributed by atoms with E-state index in [4.69, 9.17) is 28.1 Å². The molecule has 0 aliphatic rings. The molecule has 0 bridgehead atoms. The fourth-order valence-electron chi connectivity index (χ4n) is 6.98. The minimum Gasteiger partial charge on any atom is -0.493 e. The molecule has 0 unspecified atom stereocenters. The van der Waals surface area contributed by atoms with Crippen LogP contribution in [-0.4, -0.2) is 54.4 Å². The zero-order valence-electron chi connectivity index (χ0n) is 29.2. The summed E-state index contributed by atoms with van der Waals surface area (Å²) in [5, 5.41) is 11.1. The summed E-state index contributed by atoms with van der Waals surface area (Å²) < 4.78 is 35.7. The Morgan fingerprint density at radius 2 is 1.20 bits per heavy atom. The van der Waals surface area contributed by atoms with E-state index < -0.39 is 26.5 Å². The number of hydrogen-bond donors (Lipinski definition) is 1. The summed E-state index contributed by atoms with van der Waals surface area (Å²) in [5.41, 5.74) is 2.64. The van der Waals surface area contributed by atoms with Crippen LogP contribution in [-0.2, 0) is 14.0 Å². The second-order valence-electron chi connectivity index (χ2n) is 12.6. The zero-order valence-corrected chi connectivity index (χ0v) is 30.2. The van der Waals surface area contributed by atoms with Crippen LogP contribution in [0.15, 0.2) is 49.1 Å².